The molecule has 9 nitrogen and oxygen atoms in total. The van der Waals surface area contributed by atoms with Gasteiger partial charge in [-0.1, -0.05) is 18.2 Å². The number of benzene rings is 2. The first-order valence-electron chi connectivity index (χ1n) is 10.8. The van der Waals surface area contributed by atoms with Crippen molar-refractivity contribution in [1.82, 2.24) is 4.98 Å². The number of aromatic nitrogens is 1. The molecule has 0 radical (unpaired) electrons. The van der Waals surface area contributed by atoms with E-state index in [2.05, 4.69) is 15.6 Å². The van der Waals surface area contributed by atoms with Crippen LogP contribution in [-0.2, 0) is 4.79 Å². The van der Waals surface area contributed by atoms with E-state index in [1.165, 1.54) is 48.7 Å². The van der Waals surface area contributed by atoms with E-state index < -0.39 is 35.6 Å². The van der Waals surface area contributed by atoms with Crippen molar-refractivity contribution >= 4 is 29.2 Å². The van der Waals surface area contributed by atoms with Gasteiger partial charge in [0.2, 0.25) is 5.91 Å². The van der Waals surface area contributed by atoms with Crippen molar-refractivity contribution in [3.8, 4) is 22.9 Å². The van der Waals surface area contributed by atoms with Crippen LogP contribution >= 0.6 is 0 Å². The maximum Gasteiger partial charge on any atom is 0.409 e. The number of carboxylic acid groups (broad SMARTS) is 1. The Morgan fingerprint density at radius 2 is 1.75 bits per heavy atom. The van der Waals surface area contributed by atoms with E-state index in [0.29, 0.717) is 0 Å². The van der Waals surface area contributed by atoms with Gasteiger partial charge in [-0.25, -0.2) is 14.2 Å². The zero-order valence-corrected chi connectivity index (χ0v) is 19.8. The van der Waals surface area contributed by atoms with Gasteiger partial charge in [0.25, 0.3) is 0 Å². The van der Waals surface area contributed by atoms with Gasteiger partial charge in [0, 0.05) is 29.0 Å². The molecule has 2 aromatic carbocycles. The summed E-state index contributed by atoms with van der Waals surface area (Å²) < 4.78 is 20.7. The average Bonchev–Trinajstić information content (AvgIpc) is 2.80. The lowest BCUT2D eigenvalue weighted by atomic mass is 10.0. The van der Waals surface area contributed by atoms with E-state index in [-0.39, 0.29) is 39.5 Å². The van der Waals surface area contributed by atoms with Crippen molar-refractivity contribution in [2.45, 2.75) is 32.8 Å². The Morgan fingerprint density at radius 1 is 1.06 bits per heavy atom. The number of ether oxygens (including phenoxy) is 1. The van der Waals surface area contributed by atoms with Crippen LogP contribution in [0.2, 0.25) is 0 Å². The summed E-state index contributed by atoms with van der Waals surface area (Å²) in [7, 11) is 0. The summed E-state index contributed by atoms with van der Waals surface area (Å²) in [6.07, 6.45) is -0.702. The first kappa shape index (κ1) is 25.8. The summed E-state index contributed by atoms with van der Waals surface area (Å²) in [5, 5.41) is 23.0. The van der Waals surface area contributed by atoms with Gasteiger partial charge in [0.1, 0.15) is 28.9 Å². The Kier molecular flexibility index (Phi) is 7.64. The molecule has 184 valence electrons. The lowest BCUT2D eigenvalue weighted by Gasteiger charge is -2.25. The van der Waals surface area contributed by atoms with E-state index in [1.807, 2.05) is 6.07 Å². The van der Waals surface area contributed by atoms with E-state index in [4.69, 9.17) is 10.00 Å². The molecule has 0 unspecified atom stereocenters. The normalized spacial score (nSPS) is 10.8. The predicted molar refractivity (Wildman–Crippen MR) is 130 cm³/mol. The molecule has 0 saturated carbocycles. The minimum Gasteiger partial charge on any atom is -0.487 e. The van der Waals surface area contributed by atoms with Gasteiger partial charge in [0.05, 0.1) is 17.8 Å². The minimum atomic E-state index is -1.40. The molecule has 3 N–H and O–H groups in total. The monoisotopic (exact) mass is 490 g/mol. The summed E-state index contributed by atoms with van der Waals surface area (Å²) in [6.45, 7) is 5.33. The second kappa shape index (κ2) is 10.7. The van der Waals surface area contributed by atoms with Crippen LogP contribution in [0, 0.1) is 17.1 Å². The van der Waals surface area contributed by atoms with Crippen molar-refractivity contribution in [1.29, 1.82) is 5.26 Å². The Balaban J connectivity index is 2.01. The Bertz CT molecular complexity index is 1380. The summed E-state index contributed by atoms with van der Waals surface area (Å²) in [6, 6.07) is 13.1. The van der Waals surface area contributed by atoms with Gasteiger partial charge in [-0.2, -0.15) is 5.26 Å². The number of rotatable bonds is 7. The van der Waals surface area contributed by atoms with Gasteiger partial charge >= 0.3 is 6.09 Å². The van der Waals surface area contributed by atoms with Gasteiger partial charge in [0.15, 0.2) is 5.78 Å². The number of carbonyl (C=O) groups excluding carboxylic acids is 2. The van der Waals surface area contributed by atoms with Gasteiger partial charge in [-0.15, -0.1) is 0 Å². The van der Waals surface area contributed by atoms with Gasteiger partial charge < -0.3 is 15.2 Å². The Hall–Kier alpha value is -4.78. The third-order valence-corrected chi connectivity index (χ3v) is 4.73. The molecule has 0 bridgehead atoms. The molecule has 0 aliphatic heterocycles. The zero-order valence-electron chi connectivity index (χ0n) is 19.8. The molecular formula is C26H23FN4O5. The molecule has 0 aliphatic rings. The molecule has 3 aromatic rings. The molecule has 1 heterocycles. The standard InChI is InChI=1S/C26H23FN4O5/c1-26(2,3)36-23-12-21(31-25(34)35)20(11-18(23)17-6-4-5-7-19(17)27)30-24(33)13-22(32)15-8-9-29-16(10-15)14-28/h4-12,31H,13H2,1-3H3,(H,30,33)(H,34,35). The van der Waals surface area contributed by atoms with E-state index in [0.717, 1.165) is 0 Å². The first-order chi connectivity index (χ1) is 17.0. The number of nitrogens with one attached hydrogen (secondary N) is 2. The number of carbonyl (C=O) groups is 3. The fourth-order valence-electron chi connectivity index (χ4n) is 3.31. The number of Topliss-reactive ketones (excluding diaryl/α,β-unsaturated/α-hetero) is 1. The lowest BCUT2D eigenvalue weighted by molar-refractivity contribution is -0.115. The molecule has 36 heavy (non-hydrogen) atoms. The summed E-state index contributed by atoms with van der Waals surface area (Å²) in [5.74, 6) is -1.67. The largest absolute Gasteiger partial charge is 0.487 e. The van der Waals surface area contributed by atoms with Crippen LogP contribution in [0.1, 0.15) is 43.2 Å². The first-order valence-corrected chi connectivity index (χ1v) is 10.8. The summed E-state index contributed by atoms with van der Waals surface area (Å²) in [5.41, 5.74) is -0.135. The van der Waals surface area contributed by atoms with Gasteiger partial charge in [-0.05, 0) is 45.0 Å². The highest BCUT2D eigenvalue weighted by Crippen LogP contribution is 2.40. The number of nitriles is 1. The van der Waals surface area contributed by atoms with Crippen molar-refractivity contribution in [3.05, 3.63) is 71.8 Å². The Morgan fingerprint density at radius 3 is 2.39 bits per heavy atom. The molecule has 2 amide bonds. The van der Waals surface area contributed by atoms with Crippen LogP contribution in [0.5, 0.6) is 5.75 Å². The number of nitrogens with zero attached hydrogens (tertiary/aromatic N) is 2. The molecule has 0 fully saturated rings. The topological polar surface area (TPSA) is 141 Å². The fourth-order valence-corrected chi connectivity index (χ4v) is 3.31. The second-order valence-electron chi connectivity index (χ2n) is 8.71. The second-order valence-corrected chi connectivity index (χ2v) is 8.71. The number of pyridine rings is 1. The van der Waals surface area contributed by atoms with Crippen LogP contribution in [0.4, 0.5) is 20.6 Å². The number of halogens is 1. The number of hydrogen-bond donors (Lipinski definition) is 3. The van der Waals surface area contributed by atoms with Crippen molar-refractivity contribution in [3.63, 3.8) is 0 Å². The smallest absolute Gasteiger partial charge is 0.409 e. The van der Waals surface area contributed by atoms with Crippen molar-refractivity contribution in [2.75, 3.05) is 10.6 Å². The molecule has 0 saturated heterocycles. The fraction of sp³-hybridized carbons (Fsp3) is 0.192. The summed E-state index contributed by atoms with van der Waals surface area (Å²) in [4.78, 5) is 40.5. The molecule has 0 spiro atoms. The zero-order chi connectivity index (χ0) is 26.5. The molecule has 10 heteroatoms. The maximum atomic E-state index is 14.7. The van der Waals surface area contributed by atoms with E-state index in [9.17, 15) is 23.9 Å². The maximum absolute atomic E-state index is 14.7. The average molecular weight is 490 g/mol. The molecule has 1 aromatic heterocycles. The number of amides is 2. The highest BCUT2D eigenvalue weighted by atomic mass is 19.1. The molecule has 3 rings (SSSR count). The highest BCUT2D eigenvalue weighted by Gasteiger charge is 2.22. The molecular weight excluding hydrogens is 467 g/mol. The molecule has 0 aliphatic carbocycles. The minimum absolute atomic E-state index is 0.00199. The Labute approximate surface area is 206 Å². The number of anilines is 2. The van der Waals surface area contributed by atoms with Crippen LogP contribution in [0.25, 0.3) is 11.1 Å². The van der Waals surface area contributed by atoms with Gasteiger partial charge in [-0.3, -0.25) is 14.9 Å². The summed E-state index contributed by atoms with van der Waals surface area (Å²) >= 11 is 0. The van der Waals surface area contributed by atoms with Crippen LogP contribution in [0.15, 0.2) is 54.7 Å². The third-order valence-electron chi connectivity index (χ3n) is 4.73. The van der Waals surface area contributed by atoms with Crippen molar-refractivity contribution < 1.29 is 28.6 Å². The quantitative estimate of drug-likeness (QED) is 0.304. The lowest BCUT2D eigenvalue weighted by Crippen LogP contribution is -2.24. The number of ketones is 1. The van der Waals surface area contributed by atoms with Crippen LogP contribution in [0.3, 0.4) is 0 Å². The van der Waals surface area contributed by atoms with Crippen molar-refractivity contribution in [2.24, 2.45) is 0 Å². The van der Waals surface area contributed by atoms with E-state index >= 15 is 0 Å². The molecule has 0 atom stereocenters. The highest BCUT2D eigenvalue weighted by molar-refractivity contribution is 6.12. The SMILES string of the molecule is CC(C)(C)Oc1cc(NC(=O)O)c(NC(=O)CC(=O)c2ccnc(C#N)c2)cc1-c1ccccc1F. The van der Waals surface area contributed by atoms with E-state index in [1.54, 1.807) is 26.8 Å². The third kappa shape index (κ3) is 6.64. The number of hydrogen-bond acceptors (Lipinski definition) is 6. The van der Waals surface area contributed by atoms with Crippen LogP contribution < -0.4 is 15.4 Å². The predicted octanol–water partition coefficient (Wildman–Crippen LogP) is 5.24. The van der Waals surface area contributed by atoms with Crippen LogP contribution in [-0.4, -0.2) is 33.5 Å².